The molecule has 0 N–H and O–H groups in total. The van der Waals surface area contributed by atoms with Gasteiger partial charge in [-0.2, -0.15) is 5.10 Å². The first-order valence-corrected chi connectivity index (χ1v) is 6.69. The third-order valence-electron chi connectivity index (χ3n) is 3.11. The number of hydrogen-bond donors (Lipinski definition) is 0. The van der Waals surface area contributed by atoms with Gasteiger partial charge < -0.3 is 9.64 Å². The molecule has 5 nitrogen and oxygen atoms in total. The molecule has 0 aromatic carbocycles. The van der Waals surface area contributed by atoms with Crippen molar-refractivity contribution in [3.63, 3.8) is 0 Å². The van der Waals surface area contributed by atoms with Crippen LogP contribution in [0.15, 0.2) is 6.07 Å². The van der Waals surface area contributed by atoms with Crippen molar-refractivity contribution < 1.29 is 9.53 Å². The lowest BCUT2D eigenvalue weighted by atomic mass is 10.2. The Hall–Kier alpha value is -1.07. The summed E-state index contributed by atoms with van der Waals surface area (Å²) in [6.45, 7) is 3.73. The zero-order valence-electron chi connectivity index (χ0n) is 10.7. The maximum absolute atomic E-state index is 12.4. The number of morpholine rings is 1. The third-order valence-corrected chi connectivity index (χ3v) is 3.45. The Morgan fingerprint density at radius 3 is 3.06 bits per heavy atom. The van der Waals surface area contributed by atoms with Crippen molar-refractivity contribution in [2.24, 2.45) is 7.05 Å². The molecule has 1 aliphatic heterocycles. The van der Waals surface area contributed by atoms with Gasteiger partial charge in [-0.15, -0.1) is 11.6 Å². The van der Waals surface area contributed by atoms with E-state index in [0.29, 0.717) is 31.3 Å². The Morgan fingerprint density at radius 2 is 2.44 bits per heavy atom. The van der Waals surface area contributed by atoms with Gasteiger partial charge in [0.1, 0.15) is 5.69 Å². The average Bonchev–Trinajstić information content (AvgIpc) is 2.79. The highest BCUT2D eigenvalue weighted by atomic mass is 35.5. The van der Waals surface area contributed by atoms with Crippen LogP contribution in [0.4, 0.5) is 0 Å². The molecule has 0 bridgehead atoms. The summed E-state index contributed by atoms with van der Waals surface area (Å²) in [5.41, 5.74) is 1.56. The number of carbonyl (C=O) groups is 1. The van der Waals surface area contributed by atoms with Gasteiger partial charge in [0.05, 0.1) is 24.3 Å². The molecular formula is C12H18ClN3O2. The van der Waals surface area contributed by atoms with Gasteiger partial charge in [0, 0.05) is 20.1 Å². The first kappa shape index (κ1) is 13.4. The Kier molecular flexibility index (Phi) is 4.24. The topological polar surface area (TPSA) is 47.4 Å². The maximum Gasteiger partial charge on any atom is 0.272 e. The van der Waals surface area contributed by atoms with E-state index in [-0.39, 0.29) is 12.0 Å². The summed E-state index contributed by atoms with van der Waals surface area (Å²) in [4.78, 5) is 14.2. The highest BCUT2D eigenvalue weighted by Crippen LogP contribution is 2.12. The second kappa shape index (κ2) is 5.71. The number of hydrogen-bond acceptors (Lipinski definition) is 3. The highest BCUT2D eigenvalue weighted by molar-refractivity contribution is 6.18. The summed E-state index contributed by atoms with van der Waals surface area (Å²) >= 11 is 5.77. The number of ether oxygens (including phenoxy) is 1. The predicted octanol–water partition coefficient (Wildman–Crippen LogP) is 1.06. The van der Waals surface area contributed by atoms with Crippen LogP contribution in [0.5, 0.6) is 0 Å². The van der Waals surface area contributed by atoms with E-state index in [1.54, 1.807) is 16.6 Å². The Morgan fingerprint density at radius 1 is 1.67 bits per heavy atom. The van der Waals surface area contributed by atoms with Crippen LogP contribution in [0.3, 0.4) is 0 Å². The van der Waals surface area contributed by atoms with Gasteiger partial charge in [0.2, 0.25) is 0 Å². The fourth-order valence-corrected chi connectivity index (χ4v) is 2.25. The van der Waals surface area contributed by atoms with Crippen LogP contribution >= 0.6 is 11.6 Å². The molecule has 1 aromatic rings. The van der Waals surface area contributed by atoms with Gasteiger partial charge in [-0.3, -0.25) is 9.48 Å². The van der Waals surface area contributed by atoms with Gasteiger partial charge in [-0.05, 0) is 12.5 Å². The van der Waals surface area contributed by atoms with E-state index >= 15 is 0 Å². The number of halogens is 1. The molecule has 2 rings (SSSR count). The lowest BCUT2D eigenvalue weighted by Crippen LogP contribution is -2.46. The zero-order chi connectivity index (χ0) is 13.1. The standard InChI is InChI=1S/C12H18ClN3O2/c1-3-9-6-11(15(2)14-9)12(17)16-4-5-18-10(7-13)8-16/h6,10H,3-5,7-8H2,1-2H3. The van der Waals surface area contributed by atoms with Crippen LogP contribution in [0.1, 0.15) is 23.1 Å². The molecule has 0 saturated carbocycles. The predicted molar refractivity (Wildman–Crippen MR) is 68.9 cm³/mol. The molecule has 0 radical (unpaired) electrons. The van der Waals surface area contributed by atoms with Gasteiger partial charge in [0.25, 0.3) is 5.91 Å². The van der Waals surface area contributed by atoms with Crippen LogP contribution < -0.4 is 0 Å². The summed E-state index contributed by atoms with van der Waals surface area (Å²) in [7, 11) is 1.80. The van der Waals surface area contributed by atoms with Crippen LogP contribution in [-0.2, 0) is 18.2 Å². The minimum atomic E-state index is -0.0664. The van der Waals surface area contributed by atoms with E-state index in [4.69, 9.17) is 16.3 Å². The highest BCUT2D eigenvalue weighted by Gasteiger charge is 2.26. The molecule has 0 spiro atoms. The SMILES string of the molecule is CCc1cc(C(=O)N2CCOC(CCl)C2)n(C)n1. The van der Waals surface area contributed by atoms with Crippen molar-refractivity contribution in [1.82, 2.24) is 14.7 Å². The number of aromatic nitrogens is 2. The molecule has 100 valence electrons. The smallest absolute Gasteiger partial charge is 0.272 e. The van der Waals surface area contributed by atoms with Gasteiger partial charge in [-0.1, -0.05) is 6.92 Å². The van der Waals surface area contributed by atoms with E-state index in [1.165, 1.54) is 0 Å². The van der Waals surface area contributed by atoms with E-state index in [9.17, 15) is 4.79 Å². The van der Waals surface area contributed by atoms with Crippen LogP contribution in [0.2, 0.25) is 0 Å². The molecule has 1 saturated heterocycles. The zero-order valence-corrected chi connectivity index (χ0v) is 11.5. The molecule has 1 amide bonds. The van der Waals surface area contributed by atoms with Gasteiger partial charge >= 0.3 is 0 Å². The first-order chi connectivity index (χ1) is 8.65. The van der Waals surface area contributed by atoms with Crippen LogP contribution in [0.25, 0.3) is 0 Å². The lowest BCUT2D eigenvalue weighted by molar-refractivity contribution is -0.0112. The number of rotatable bonds is 3. The molecule has 1 aromatic heterocycles. The van der Waals surface area contributed by atoms with E-state index < -0.39 is 0 Å². The van der Waals surface area contributed by atoms with Crippen molar-refractivity contribution in [1.29, 1.82) is 0 Å². The van der Waals surface area contributed by atoms with Crippen molar-refractivity contribution in [2.75, 3.05) is 25.6 Å². The number of carbonyl (C=O) groups excluding carboxylic acids is 1. The molecular weight excluding hydrogens is 254 g/mol. The minimum Gasteiger partial charge on any atom is -0.373 e. The summed E-state index contributed by atoms with van der Waals surface area (Å²) in [6.07, 6.45) is 0.761. The molecule has 2 heterocycles. The lowest BCUT2D eigenvalue weighted by Gasteiger charge is -2.31. The first-order valence-electron chi connectivity index (χ1n) is 6.15. The normalized spacial score (nSPS) is 20.2. The van der Waals surface area contributed by atoms with Crippen molar-refractivity contribution in [2.45, 2.75) is 19.4 Å². The Labute approximate surface area is 112 Å². The molecule has 1 aliphatic rings. The number of amides is 1. The van der Waals surface area contributed by atoms with Crippen molar-refractivity contribution in [3.05, 3.63) is 17.5 Å². The fraction of sp³-hybridized carbons (Fsp3) is 0.667. The van der Waals surface area contributed by atoms with Crippen molar-refractivity contribution >= 4 is 17.5 Å². The Balaban J connectivity index is 2.12. The number of aryl methyl sites for hydroxylation is 2. The Bertz CT molecular complexity index is 433. The molecule has 1 atom stereocenters. The second-order valence-electron chi connectivity index (χ2n) is 4.40. The van der Waals surface area contributed by atoms with Crippen LogP contribution in [0, 0.1) is 0 Å². The van der Waals surface area contributed by atoms with Gasteiger partial charge in [-0.25, -0.2) is 0 Å². The molecule has 6 heteroatoms. The largest absolute Gasteiger partial charge is 0.373 e. The molecule has 1 fully saturated rings. The number of alkyl halides is 1. The maximum atomic E-state index is 12.4. The summed E-state index contributed by atoms with van der Waals surface area (Å²) in [6, 6.07) is 1.85. The van der Waals surface area contributed by atoms with E-state index in [2.05, 4.69) is 5.10 Å². The third kappa shape index (κ3) is 2.67. The molecule has 0 aliphatic carbocycles. The van der Waals surface area contributed by atoms with Crippen LogP contribution in [-0.4, -0.2) is 52.3 Å². The molecule has 18 heavy (non-hydrogen) atoms. The quantitative estimate of drug-likeness (QED) is 0.773. The minimum absolute atomic E-state index is 0.00289. The number of nitrogens with zero attached hydrogens (tertiary/aromatic N) is 3. The van der Waals surface area contributed by atoms with E-state index in [1.807, 2.05) is 13.0 Å². The van der Waals surface area contributed by atoms with E-state index in [0.717, 1.165) is 12.1 Å². The summed E-state index contributed by atoms with van der Waals surface area (Å²) < 4.78 is 7.10. The monoisotopic (exact) mass is 271 g/mol. The van der Waals surface area contributed by atoms with Crippen molar-refractivity contribution in [3.8, 4) is 0 Å². The van der Waals surface area contributed by atoms with Gasteiger partial charge in [0.15, 0.2) is 0 Å². The molecule has 1 unspecified atom stereocenters. The average molecular weight is 272 g/mol. The summed E-state index contributed by atoms with van der Waals surface area (Å²) in [5, 5.41) is 4.30. The fourth-order valence-electron chi connectivity index (χ4n) is 2.06. The summed E-state index contributed by atoms with van der Waals surface area (Å²) in [5.74, 6) is 0.415. The second-order valence-corrected chi connectivity index (χ2v) is 4.70.